The number of likely N-dealkylation sites (tertiary alicyclic amines) is 1. The number of carbonyl (C=O) groups is 3. The lowest BCUT2D eigenvalue weighted by molar-refractivity contribution is -0.196. The highest BCUT2D eigenvalue weighted by molar-refractivity contribution is 5.92. The summed E-state index contributed by atoms with van der Waals surface area (Å²) < 4.78 is 54.1. The number of amides is 3. The molecule has 3 fully saturated rings. The second kappa shape index (κ2) is 7.23. The number of halogens is 4. The molecular formula is C20H29F4N3O4. The van der Waals surface area contributed by atoms with Crippen molar-refractivity contribution in [1.82, 2.24) is 14.7 Å². The lowest BCUT2D eigenvalue weighted by Gasteiger charge is -2.52. The van der Waals surface area contributed by atoms with E-state index in [-0.39, 0.29) is 25.9 Å². The lowest BCUT2D eigenvalue weighted by atomic mass is 9.70. The van der Waals surface area contributed by atoms with Gasteiger partial charge in [0.15, 0.2) is 0 Å². The predicted molar refractivity (Wildman–Crippen MR) is 102 cm³/mol. The first-order valence-electron chi connectivity index (χ1n) is 10.5. The fourth-order valence-corrected chi connectivity index (χ4v) is 5.33. The predicted octanol–water partition coefficient (Wildman–Crippen LogP) is 3.04. The Labute approximate surface area is 178 Å². The molecule has 0 aromatic heterocycles. The van der Waals surface area contributed by atoms with Crippen molar-refractivity contribution in [3.63, 3.8) is 0 Å². The Balaban J connectivity index is 1.99. The Kier molecular flexibility index (Phi) is 5.50. The Morgan fingerprint density at radius 3 is 2.10 bits per heavy atom. The van der Waals surface area contributed by atoms with E-state index in [1.54, 1.807) is 27.7 Å². The highest BCUT2D eigenvalue weighted by Crippen LogP contribution is 2.51. The van der Waals surface area contributed by atoms with E-state index < -0.39 is 59.3 Å². The Bertz CT molecular complexity index is 777. The molecule has 0 bridgehead atoms. The van der Waals surface area contributed by atoms with Crippen LogP contribution in [0.25, 0.3) is 0 Å². The third-order valence-corrected chi connectivity index (χ3v) is 7.02. The zero-order chi connectivity index (χ0) is 23.6. The molecule has 1 spiro atoms. The summed E-state index contributed by atoms with van der Waals surface area (Å²) in [6, 6.07) is -0.854. The average Bonchev–Trinajstić information content (AvgIpc) is 3.28. The summed E-state index contributed by atoms with van der Waals surface area (Å²) in [6.07, 6.45) is -7.42. The SMILES string of the molecule is CCC1CN(C(=O)[C@@]2(C(C)(C)C)C[C@@H](F)CN2C(=O)O)CC2(CC2)N1C(=O)C(F)(F)F. The zero-order valence-electron chi connectivity index (χ0n) is 18.1. The molecule has 0 aromatic carbocycles. The van der Waals surface area contributed by atoms with E-state index in [9.17, 15) is 37.1 Å². The second-order valence-corrected chi connectivity index (χ2v) is 9.95. The maximum atomic E-state index is 14.4. The molecule has 1 unspecified atom stereocenters. The molecule has 11 heteroatoms. The van der Waals surface area contributed by atoms with E-state index >= 15 is 0 Å². The van der Waals surface area contributed by atoms with E-state index in [4.69, 9.17) is 0 Å². The number of carboxylic acid groups (broad SMARTS) is 1. The Morgan fingerprint density at radius 1 is 1.10 bits per heavy atom. The van der Waals surface area contributed by atoms with Crippen LogP contribution in [-0.4, -0.2) is 86.8 Å². The van der Waals surface area contributed by atoms with Gasteiger partial charge in [-0.2, -0.15) is 13.2 Å². The number of hydrogen-bond acceptors (Lipinski definition) is 3. The van der Waals surface area contributed by atoms with Crippen molar-refractivity contribution in [2.45, 2.75) is 82.8 Å². The van der Waals surface area contributed by atoms with Crippen LogP contribution in [0, 0.1) is 5.41 Å². The molecule has 3 amide bonds. The first-order chi connectivity index (χ1) is 14.1. The van der Waals surface area contributed by atoms with Crippen LogP contribution in [0.1, 0.15) is 53.4 Å². The summed E-state index contributed by atoms with van der Waals surface area (Å²) >= 11 is 0. The molecule has 7 nitrogen and oxygen atoms in total. The molecular weight excluding hydrogens is 422 g/mol. The van der Waals surface area contributed by atoms with Crippen LogP contribution >= 0.6 is 0 Å². The van der Waals surface area contributed by atoms with E-state index in [0.29, 0.717) is 12.8 Å². The van der Waals surface area contributed by atoms with Crippen molar-refractivity contribution in [2.75, 3.05) is 19.6 Å². The molecule has 1 saturated carbocycles. The molecule has 2 aliphatic heterocycles. The molecule has 3 aliphatic rings. The molecule has 1 N–H and O–H groups in total. The number of nitrogens with zero attached hydrogens (tertiary/aromatic N) is 3. The van der Waals surface area contributed by atoms with E-state index in [0.717, 1.165) is 9.80 Å². The van der Waals surface area contributed by atoms with Gasteiger partial charge in [0.05, 0.1) is 12.1 Å². The van der Waals surface area contributed by atoms with Gasteiger partial charge in [0.2, 0.25) is 5.91 Å². The standard InChI is InChI=1S/C20H29F4N3O4/c1-5-13-10-25(11-18(6-7-18)27(13)15(29)20(22,23)24)14(28)19(17(2,3)4)8-12(21)9-26(19)16(30)31/h12-13H,5-11H2,1-4H3,(H,30,31)/t12-,13?,19-/m1/s1. The number of piperazine rings is 1. The molecule has 2 heterocycles. The molecule has 1 aliphatic carbocycles. The number of hydrogen-bond donors (Lipinski definition) is 1. The van der Waals surface area contributed by atoms with Gasteiger partial charge in [-0.25, -0.2) is 9.18 Å². The van der Waals surface area contributed by atoms with Crippen molar-refractivity contribution in [3.8, 4) is 0 Å². The third-order valence-electron chi connectivity index (χ3n) is 7.02. The van der Waals surface area contributed by atoms with Crippen molar-refractivity contribution in [2.24, 2.45) is 5.41 Å². The molecule has 0 radical (unpaired) electrons. The first-order valence-corrected chi connectivity index (χ1v) is 10.5. The summed E-state index contributed by atoms with van der Waals surface area (Å²) in [5.41, 5.74) is -3.74. The van der Waals surface area contributed by atoms with Gasteiger partial charge in [-0.05, 0) is 24.7 Å². The van der Waals surface area contributed by atoms with Gasteiger partial charge in [-0.3, -0.25) is 14.5 Å². The fraction of sp³-hybridized carbons (Fsp3) is 0.850. The molecule has 176 valence electrons. The molecule has 2 saturated heterocycles. The minimum absolute atomic E-state index is 0.119. The topological polar surface area (TPSA) is 81.2 Å². The lowest BCUT2D eigenvalue weighted by Crippen LogP contribution is -2.70. The fourth-order valence-electron chi connectivity index (χ4n) is 5.33. The number of rotatable bonds is 2. The Morgan fingerprint density at radius 2 is 1.68 bits per heavy atom. The molecule has 3 rings (SSSR count). The van der Waals surface area contributed by atoms with Crippen molar-refractivity contribution >= 4 is 17.9 Å². The van der Waals surface area contributed by atoms with Gasteiger partial charge < -0.3 is 14.9 Å². The molecule has 0 aromatic rings. The minimum Gasteiger partial charge on any atom is -0.465 e. The highest BCUT2D eigenvalue weighted by atomic mass is 19.4. The summed E-state index contributed by atoms with van der Waals surface area (Å²) in [5, 5.41) is 9.71. The van der Waals surface area contributed by atoms with Crippen LogP contribution in [0.5, 0.6) is 0 Å². The van der Waals surface area contributed by atoms with Crippen LogP contribution in [0.15, 0.2) is 0 Å². The van der Waals surface area contributed by atoms with Gasteiger partial charge in [0.25, 0.3) is 0 Å². The van der Waals surface area contributed by atoms with Crippen molar-refractivity contribution in [3.05, 3.63) is 0 Å². The van der Waals surface area contributed by atoms with E-state index in [2.05, 4.69) is 0 Å². The summed E-state index contributed by atoms with van der Waals surface area (Å²) in [4.78, 5) is 41.0. The van der Waals surface area contributed by atoms with Crippen molar-refractivity contribution < 1.29 is 37.1 Å². The summed E-state index contributed by atoms with van der Waals surface area (Å²) in [5.74, 6) is -2.52. The summed E-state index contributed by atoms with van der Waals surface area (Å²) in [7, 11) is 0. The zero-order valence-corrected chi connectivity index (χ0v) is 18.1. The van der Waals surface area contributed by atoms with Crippen LogP contribution in [0.3, 0.4) is 0 Å². The van der Waals surface area contributed by atoms with Gasteiger partial charge >= 0.3 is 18.2 Å². The molecule has 31 heavy (non-hydrogen) atoms. The first kappa shape index (κ1) is 23.6. The summed E-state index contributed by atoms with van der Waals surface area (Å²) in [6.45, 7) is 5.91. The number of alkyl halides is 4. The minimum atomic E-state index is -5.02. The highest BCUT2D eigenvalue weighted by Gasteiger charge is 2.65. The Hall–Kier alpha value is -2.07. The largest absolute Gasteiger partial charge is 0.471 e. The van der Waals surface area contributed by atoms with Gasteiger partial charge in [0, 0.05) is 25.6 Å². The van der Waals surface area contributed by atoms with Gasteiger partial charge in [-0.15, -0.1) is 0 Å². The number of carbonyl (C=O) groups excluding carboxylic acids is 2. The maximum Gasteiger partial charge on any atom is 0.471 e. The van der Waals surface area contributed by atoms with Crippen LogP contribution in [0.4, 0.5) is 22.4 Å². The quantitative estimate of drug-likeness (QED) is 0.655. The van der Waals surface area contributed by atoms with E-state index in [1.807, 2.05) is 0 Å². The maximum absolute atomic E-state index is 14.4. The normalized spacial score (nSPS) is 30.6. The van der Waals surface area contributed by atoms with Crippen molar-refractivity contribution in [1.29, 1.82) is 0 Å². The van der Waals surface area contributed by atoms with E-state index in [1.165, 1.54) is 4.90 Å². The second-order valence-electron chi connectivity index (χ2n) is 9.95. The molecule has 3 atom stereocenters. The average molecular weight is 451 g/mol. The van der Waals surface area contributed by atoms with Gasteiger partial charge in [-0.1, -0.05) is 27.7 Å². The third kappa shape index (κ3) is 3.63. The monoisotopic (exact) mass is 451 g/mol. The van der Waals surface area contributed by atoms with Crippen LogP contribution < -0.4 is 0 Å². The van der Waals surface area contributed by atoms with Crippen LogP contribution in [0.2, 0.25) is 0 Å². The smallest absolute Gasteiger partial charge is 0.465 e. The van der Waals surface area contributed by atoms with Gasteiger partial charge in [0.1, 0.15) is 11.7 Å². The van der Waals surface area contributed by atoms with Crippen LogP contribution in [-0.2, 0) is 9.59 Å².